The fraction of sp³-hybridized carbons (Fsp3) is 0.962. The highest BCUT2D eigenvalue weighted by Crippen LogP contribution is 2.19. The molecule has 0 saturated heterocycles. The molecule has 0 aliphatic heterocycles. The third-order valence-corrected chi connectivity index (χ3v) is 9.03. The van der Waals surface area contributed by atoms with Gasteiger partial charge in [0.15, 0.2) is 0 Å². The predicted octanol–water partition coefficient (Wildman–Crippen LogP) is 7.16. The molecule has 0 bridgehead atoms. The molecule has 0 aromatic carbocycles. The number of nitrogens with zero attached hydrogens (tertiary/aromatic N) is 1. The van der Waals surface area contributed by atoms with Gasteiger partial charge >= 0.3 is 14.8 Å². The Bertz CT molecular complexity index is 423. The molecular weight excluding hydrogens is 432 g/mol. The first-order chi connectivity index (χ1) is 16.1. The van der Waals surface area contributed by atoms with Gasteiger partial charge in [-0.05, 0) is 40.0 Å². The Balaban J connectivity index is 4.64. The van der Waals surface area contributed by atoms with E-state index in [0.717, 1.165) is 44.9 Å². The Kier molecular flexibility index (Phi) is 22.7. The van der Waals surface area contributed by atoms with Crippen molar-refractivity contribution in [3.05, 3.63) is 0 Å². The van der Waals surface area contributed by atoms with Gasteiger partial charge in [0.25, 0.3) is 0 Å². The lowest BCUT2D eigenvalue weighted by atomic mass is 10.1. The lowest BCUT2D eigenvalue weighted by molar-refractivity contribution is 0.0700. The van der Waals surface area contributed by atoms with Crippen LogP contribution in [0.5, 0.6) is 0 Å². The van der Waals surface area contributed by atoms with Gasteiger partial charge in [0, 0.05) is 45.5 Å². The Labute approximate surface area is 206 Å². The van der Waals surface area contributed by atoms with Crippen LogP contribution in [0.4, 0.5) is 4.79 Å². The summed E-state index contributed by atoms with van der Waals surface area (Å²) in [6.45, 7) is 14.5. The van der Waals surface area contributed by atoms with Gasteiger partial charge in [-0.3, -0.25) is 0 Å². The van der Waals surface area contributed by atoms with Crippen molar-refractivity contribution >= 4 is 14.8 Å². The van der Waals surface area contributed by atoms with E-state index >= 15 is 0 Å². The molecule has 0 aromatic rings. The molecule has 0 atom stereocenters. The van der Waals surface area contributed by atoms with E-state index in [0.29, 0.717) is 19.8 Å². The van der Waals surface area contributed by atoms with Crippen molar-refractivity contribution in [2.45, 2.75) is 124 Å². The topological polar surface area (TPSA) is 60.0 Å². The highest BCUT2D eigenvalue weighted by molar-refractivity contribution is 6.60. The number of rotatable bonds is 24. The van der Waals surface area contributed by atoms with Gasteiger partial charge in [-0.1, -0.05) is 78.1 Å². The van der Waals surface area contributed by atoms with Crippen LogP contribution < -0.4 is 5.32 Å². The smallest absolute Gasteiger partial charge is 0.374 e. The lowest BCUT2D eigenvalue weighted by Crippen LogP contribution is -2.47. The van der Waals surface area contributed by atoms with Crippen LogP contribution in [0.15, 0.2) is 0 Å². The zero-order chi connectivity index (χ0) is 24.6. The minimum absolute atomic E-state index is 0.0774. The second-order valence-corrected chi connectivity index (χ2v) is 11.6. The van der Waals surface area contributed by atoms with Crippen LogP contribution in [0.2, 0.25) is 6.04 Å². The molecule has 6 nitrogen and oxygen atoms in total. The second kappa shape index (κ2) is 23.1. The molecule has 0 aromatic heterocycles. The number of carbonyl (C=O) groups is 1. The van der Waals surface area contributed by atoms with Crippen LogP contribution in [-0.2, 0) is 13.3 Å². The average molecular weight is 489 g/mol. The van der Waals surface area contributed by atoms with Crippen molar-refractivity contribution in [3.8, 4) is 0 Å². The first-order valence-corrected chi connectivity index (χ1v) is 16.0. The third kappa shape index (κ3) is 17.5. The number of urea groups is 1. The maximum absolute atomic E-state index is 12.9. The number of nitrogens with one attached hydrogen (secondary N) is 1. The van der Waals surface area contributed by atoms with Gasteiger partial charge in [-0.15, -0.1) is 0 Å². The van der Waals surface area contributed by atoms with Crippen molar-refractivity contribution in [1.82, 2.24) is 10.2 Å². The highest BCUT2D eigenvalue weighted by atomic mass is 28.4. The van der Waals surface area contributed by atoms with E-state index in [2.05, 4.69) is 19.2 Å². The fourth-order valence-corrected chi connectivity index (χ4v) is 6.69. The van der Waals surface area contributed by atoms with Gasteiger partial charge in [0.2, 0.25) is 0 Å². The molecule has 0 unspecified atom stereocenters. The first-order valence-electron chi connectivity index (χ1n) is 14.0. The summed E-state index contributed by atoms with van der Waals surface area (Å²) in [5.74, 6) is 0. The maximum Gasteiger partial charge on any atom is 0.500 e. The van der Waals surface area contributed by atoms with E-state index in [9.17, 15) is 4.79 Å². The van der Waals surface area contributed by atoms with E-state index in [-0.39, 0.29) is 6.03 Å². The minimum Gasteiger partial charge on any atom is -0.374 e. The molecule has 0 fully saturated rings. The van der Waals surface area contributed by atoms with Gasteiger partial charge in [-0.25, -0.2) is 4.79 Å². The molecule has 1 N–H and O–H groups in total. The summed E-state index contributed by atoms with van der Waals surface area (Å²) >= 11 is 0. The Hall–Kier alpha value is -0.633. The van der Waals surface area contributed by atoms with Crippen LogP contribution in [0.25, 0.3) is 0 Å². The first kappa shape index (κ1) is 32.4. The molecule has 0 saturated carbocycles. The van der Waals surface area contributed by atoms with Crippen LogP contribution in [0.3, 0.4) is 0 Å². The van der Waals surface area contributed by atoms with E-state index < -0.39 is 8.80 Å². The molecule has 0 spiro atoms. The third-order valence-electron chi connectivity index (χ3n) is 5.88. The summed E-state index contributed by atoms with van der Waals surface area (Å²) in [6.07, 6.45) is 15.6. The summed E-state index contributed by atoms with van der Waals surface area (Å²) < 4.78 is 18.0. The monoisotopic (exact) mass is 488 g/mol. The zero-order valence-electron chi connectivity index (χ0n) is 22.7. The lowest BCUT2D eigenvalue weighted by Gasteiger charge is -2.30. The van der Waals surface area contributed by atoms with Crippen molar-refractivity contribution in [2.24, 2.45) is 0 Å². The van der Waals surface area contributed by atoms with E-state index in [1.54, 1.807) is 0 Å². The Morgan fingerprint density at radius 3 is 1.61 bits per heavy atom. The molecule has 0 heterocycles. The van der Waals surface area contributed by atoms with Crippen molar-refractivity contribution in [2.75, 3.05) is 39.5 Å². The standard InChI is InChI=1S/C26H56N2O4Si/c1-6-11-13-15-17-19-22-27-26(29)28(23-20-18-16-14-12-7-2)24-21-25-33(30-8-3,31-9-4)32-10-5/h6-25H2,1-5H3,(H,27,29). The van der Waals surface area contributed by atoms with E-state index in [4.69, 9.17) is 13.3 Å². The number of hydrogen-bond donors (Lipinski definition) is 1. The number of unbranched alkanes of at least 4 members (excludes halogenated alkanes) is 10. The molecule has 198 valence electrons. The van der Waals surface area contributed by atoms with Crippen LogP contribution in [0.1, 0.15) is 118 Å². The average Bonchev–Trinajstić information content (AvgIpc) is 2.80. The molecule has 0 aliphatic carbocycles. The number of hydrogen-bond acceptors (Lipinski definition) is 4. The summed E-state index contributed by atoms with van der Waals surface area (Å²) in [5, 5.41) is 3.16. The quantitative estimate of drug-likeness (QED) is 0.116. The van der Waals surface area contributed by atoms with Crippen molar-refractivity contribution in [3.63, 3.8) is 0 Å². The molecule has 7 heteroatoms. The van der Waals surface area contributed by atoms with Gasteiger partial charge in [0.1, 0.15) is 0 Å². The van der Waals surface area contributed by atoms with Gasteiger partial charge in [-0.2, -0.15) is 0 Å². The van der Waals surface area contributed by atoms with Gasteiger partial charge in [0.05, 0.1) is 0 Å². The summed E-state index contributed by atoms with van der Waals surface area (Å²) in [5.41, 5.74) is 0. The Morgan fingerprint density at radius 2 is 1.09 bits per heavy atom. The zero-order valence-corrected chi connectivity index (χ0v) is 23.7. The fourth-order valence-electron chi connectivity index (χ4n) is 4.10. The molecule has 33 heavy (non-hydrogen) atoms. The van der Waals surface area contributed by atoms with Crippen molar-refractivity contribution in [1.29, 1.82) is 0 Å². The molecule has 0 aliphatic rings. The van der Waals surface area contributed by atoms with Crippen LogP contribution in [0, 0.1) is 0 Å². The van der Waals surface area contributed by atoms with E-state index in [1.807, 2.05) is 25.7 Å². The molecular formula is C26H56N2O4Si. The molecule has 2 amide bonds. The predicted molar refractivity (Wildman–Crippen MR) is 142 cm³/mol. The Morgan fingerprint density at radius 1 is 0.636 bits per heavy atom. The SMILES string of the molecule is CCCCCCCCNC(=O)N(CCCCCCCC)CCC[Si](OCC)(OCC)OCC. The maximum atomic E-state index is 12.9. The minimum atomic E-state index is -2.66. The van der Waals surface area contributed by atoms with Gasteiger partial charge < -0.3 is 23.5 Å². The van der Waals surface area contributed by atoms with Crippen LogP contribution in [-0.4, -0.2) is 59.2 Å². The van der Waals surface area contributed by atoms with E-state index in [1.165, 1.54) is 64.2 Å². The number of amides is 2. The highest BCUT2D eigenvalue weighted by Gasteiger charge is 2.39. The largest absolute Gasteiger partial charge is 0.500 e. The summed E-state index contributed by atoms with van der Waals surface area (Å²) in [4.78, 5) is 14.9. The summed E-state index contributed by atoms with van der Waals surface area (Å²) in [6, 6.07) is 0.828. The second-order valence-electron chi connectivity index (χ2n) is 8.84. The molecule has 0 rings (SSSR count). The number of carbonyl (C=O) groups excluding carboxylic acids is 1. The normalized spacial score (nSPS) is 11.7. The summed E-state index contributed by atoms with van der Waals surface area (Å²) in [7, 11) is -2.66. The molecule has 0 radical (unpaired) electrons. The van der Waals surface area contributed by atoms with Crippen LogP contribution >= 0.6 is 0 Å². The van der Waals surface area contributed by atoms with Crippen molar-refractivity contribution < 1.29 is 18.1 Å².